The van der Waals surface area contributed by atoms with Crippen LogP contribution in [0, 0.1) is 5.82 Å². The summed E-state index contributed by atoms with van der Waals surface area (Å²) in [5.41, 5.74) is 0.565. The van der Waals surface area contributed by atoms with Gasteiger partial charge in [0.05, 0.1) is 13.2 Å². The van der Waals surface area contributed by atoms with Crippen LogP contribution < -0.4 is 0 Å². The quantitative estimate of drug-likeness (QED) is 0.754. The number of aliphatic hydroxyl groups is 2. The van der Waals surface area contributed by atoms with Gasteiger partial charge >= 0.3 is 0 Å². The van der Waals surface area contributed by atoms with E-state index >= 15 is 0 Å². The Hall–Kier alpha value is -0.580. The van der Waals surface area contributed by atoms with Crippen molar-refractivity contribution in [3.05, 3.63) is 29.6 Å². The van der Waals surface area contributed by atoms with Crippen molar-refractivity contribution in [3.63, 3.8) is 0 Å². The first-order valence-corrected chi connectivity index (χ1v) is 5.22. The van der Waals surface area contributed by atoms with Gasteiger partial charge < -0.3 is 10.2 Å². The van der Waals surface area contributed by atoms with E-state index in [0.717, 1.165) is 0 Å². The largest absolute Gasteiger partial charge is 0.395 e. The summed E-state index contributed by atoms with van der Waals surface area (Å²) in [4.78, 5) is 0.427. The molecule has 0 saturated carbocycles. The van der Waals surface area contributed by atoms with Crippen LogP contribution in [0.2, 0.25) is 0 Å². The molecular weight excluding hydrogens is 203 g/mol. The van der Waals surface area contributed by atoms with Crippen LogP contribution in [0.1, 0.15) is 12.5 Å². The predicted molar refractivity (Wildman–Crippen MR) is 54.7 cm³/mol. The van der Waals surface area contributed by atoms with E-state index in [1.54, 1.807) is 19.1 Å². The smallest absolute Gasteiger partial charge is 0.137 e. The predicted octanol–water partition coefficient (Wildman–Crippen LogP) is 1.79. The lowest BCUT2D eigenvalue weighted by Crippen LogP contribution is -2.04. The van der Waals surface area contributed by atoms with Gasteiger partial charge in [-0.2, -0.15) is 0 Å². The molecule has 0 aliphatic heterocycles. The Labute approximate surface area is 86.8 Å². The molecule has 0 saturated heterocycles. The maximum absolute atomic E-state index is 13.3. The minimum absolute atomic E-state index is 0.0101. The molecular formula is C10H13FO2S. The second-order valence-corrected chi connectivity index (χ2v) is 4.45. The Balaban J connectivity index is 2.92. The lowest BCUT2D eigenvalue weighted by Gasteiger charge is -2.11. The molecule has 1 atom stereocenters. The Morgan fingerprint density at radius 2 is 2.14 bits per heavy atom. The van der Waals surface area contributed by atoms with Crippen LogP contribution in [0.5, 0.6) is 0 Å². The maximum atomic E-state index is 13.3. The molecule has 0 radical (unpaired) electrons. The van der Waals surface area contributed by atoms with Crippen molar-refractivity contribution in [2.24, 2.45) is 0 Å². The first kappa shape index (κ1) is 11.5. The van der Waals surface area contributed by atoms with Crippen LogP contribution in [0.4, 0.5) is 4.39 Å². The third kappa shape index (κ3) is 2.70. The normalized spacial score (nSPS) is 12.9. The van der Waals surface area contributed by atoms with Crippen molar-refractivity contribution >= 4 is 11.8 Å². The summed E-state index contributed by atoms with van der Waals surface area (Å²) >= 11 is 1.24. The molecule has 0 aromatic heterocycles. The van der Waals surface area contributed by atoms with Crippen molar-refractivity contribution in [3.8, 4) is 0 Å². The highest BCUT2D eigenvalue weighted by Gasteiger charge is 2.11. The van der Waals surface area contributed by atoms with Crippen molar-refractivity contribution in [1.82, 2.24) is 0 Å². The van der Waals surface area contributed by atoms with E-state index < -0.39 is 0 Å². The van der Waals surface area contributed by atoms with E-state index in [1.165, 1.54) is 17.8 Å². The molecule has 1 aromatic carbocycles. The van der Waals surface area contributed by atoms with Gasteiger partial charge in [-0.3, -0.25) is 0 Å². The highest BCUT2D eigenvalue weighted by Crippen LogP contribution is 2.29. The molecule has 1 rings (SSSR count). The third-order valence-electron chi connectivity index (χ3n) is 1.80. The van der Waals surface area contributed by atoms with Gasteiger partial charge in [0.15, 0.2) is 0 Å². The minimum Gasteiger partial charge on any atom is -0.395 e. The highest BCUT2D eigenvalue weighted by molar-refractivity contribution is 8.00. The number of hydrogen-bond donors (Lipinski definition) is 2. The van der Waals surface area contributed by atoms with Gasteiger partial charge in [0.1, 0.15) is 5.82 Å². The molecule has 0 amide bonds. The van der Waals surface area contributed by atoms with Crippen LogP contribution >= 0.6 is 11.8 Å². The molecule has 0 aliphatic rings. The Morgan fingerprint density at radius 3 is 2.71 bits per heavy atom. The van der Waals surface area contributed by atoms with E-state index in [9.17, 15) is 4.39 Å². The SMILES string of the molecule is CC(CO)Sc1c(F)cccc1CO. The molecule has 2 nitrogen and oxygen atoms in total. The fourth-order valence-electron chi connectivity index (χ4n) is 1.05. The van der Waals surface area contributed by atoms with Crippen LogP contribution in [0.15, 0.2) is 23.1 Å². The molecule has 1 aromatic rings. The average molecular weight is 216 g/mol. The Bertz CT molecular complexity index is 304. The number of halogens is 1. The van der Waals surface area contributed by atoms with E-state index in [1.807, 2.05) is 0 Å². The lowest BCUT2D eigenvalue weighted by atomic mass is 10.2. The number of thioether (sulfide) groups is 1. The lowest BCUT2D eigenvalue weighted by molar-refractivity contribution is 0.277. The summed E-state index contributed by atoms with van der Waals surface area (Å²) in [6.07, 6.45) is 0. The summed E-state index contributed by atoms with van der Waals surface area (Å²) in [5, 5.41) is 17.8. The molecule has 1 unspecified atom stereocenters. The summed E-state index contributed by atoms with van der Waals surface area (Å²) in [7, 11) is 0. The molecule has 0 fully saturated rings. The number of aliphatic hydroxyl groups excluding tert-OH is 2. The molecule has 78 valence electrons. The van der Waals surface area contributed by atoms with Crippen LogP contribution in [0.3, 0.4) is 0 Å². The zero-order valence-corrected chi connectivity index (χ0v) is 8.72. The van der Waals surface area contributed by atoms with Crippen molar-refractivity contribution in [2.45, 2.75) is 23.7 Å². The molecule has 0 aliphatic carbocycles. The summed E-state index contributed by atoms with van der Waals surface area (Å²) in [6, 6.07) is 4.59. The second kappa shape index (κ2) is 5.34. The van der Waals surface area contributed by atoms with Crippen molar-refractivity contribution in [2.75, 3.05) is 6.61 Å². The molecule has 0 bridgehead atoms. The topological polar surface area (TPSA) is 40.5 Å². The van der Waals surface area contributed by atoms with Gasteiger partial charge in [-0.05, 0) is 11.6 Å². The van der Waals surface area contributed by atoms with Gasteiger partial charge in [-0.15, -0.1) is 11.8 Å². The zero-order chi connectivity index (χ0) is 10.6. The van der Waals surface area contributed by atoms with Gasteiger partial charge in [0.2, 0.25) is 0 Å². The molecule has 0 spiro atoms. The van der Waals surface area contributed by atoms with Crippen molar-refractivity contribution in [1.29, 1.82) is 0 Å². The second-order valence-electron chi connectivity index (χ2n) is 3.00. The van der Waals surface area contributed by atoms with Crippen LogP contribution in [-0.4, -0.2) is 22.1 Å². The van der Waals surface area contributed by atoms with Crippen molar-refractivity contribution < 1.29 is 14.6 Å². The van der Waals surface area contributed by atoms with Gasteiger partial charge in [0, 0.05) is 10.1 Å². The highest BCUT2D eigenvalue weighted by atomic mass is 32.2. The fraction of sp³-hybridized carbons (Fsp3) is 0.400. The van der Waals surface area contributed by atoms with E-state index in [4.69, 9.17) is 10.2 Å². The van der Waals surface area contributed by atoms with E-state index in [-0.39, 0.29) is 24.3 Å². The first-order chi connectivity index (χ1) is 6.69. The van der Waals surface area contributed by atoms with Crippen LogP contribution in [-0.2, 0) is 6.61 Å². The number of hydrogen-bond acceptors (Lipinski definition) is 3. The van der Waals surface area contributed by atoms with E-state index in [2.05, 4.69) is 0 Å². The zero-order valence-electron chi connectivity index (χ0n) is 7.90. The van der Waals surface area contributed by atoms with E-state index in [0.29, 0.717) is 10.5 Å². The van der Waals surface area contributed by atoms with Gasteiger partial charge in [-0.25, -0.2) is 4.39 Å². The standard InChI is InChI=1S/C10H13FO2S/c1-7(5-12)14-10-8(6-13)3-2-4-9(10)11/h2-4,7,12-13H,5-6H2,1H3. The van der Waals surface area contributed by atoms with Gasteiger partial charge in [-0.1, -0.05) is 19.1 Å². The molecule has 4 heteroatoms. The Morgan fingerprint density at radius 1 is 1.43 bits per heavy atom. The average Bonchev–Trinajstić information content (AvgIpc) is 2.20. The molecule has 2 N–H and O–H groups in total. The minimum atomic E-state index is -0.346. The molecule has 0 heterocycles. The molecule has 14 heavy (non-hydrogen) atoms. The van der Waals surface area contributed by atoms with Crippen LogP contribution in [0.25, 0.3) is 0 Å². The summed E-state index contributed by atoms with van der Waals surface area (Å²) < 4.78 is 13.3. The monoisotopic (exact) mass is 216 g/mol. The number of rotatable bonds is 4. The third-order valence-corrected chi connectivity index (χ3v) is 3.04. The fourth-order valence-corrected chi connectivity index (χ4v) is 1.99. The summed E-state index contributed by atoms with van der Waals surface area (Å²) in [6.45, 7) is 1.61. The van der Waals surface area contributed by atoms with Gasteiger partial charge in [0.25, 0.3) is 0 Å². The Kier molecular flexibility index (Phi) is 4.38. The first-order valence-electron chi connectivity index (χ1n) is 4.34. The maximum Gasteiger partial charge on any atom is 0.137 e. The number of benzene rings is 1. The summed E-state index contributed by atoms with van der Waals surface area (Å²) in [5.74, 6) is -0.346.